The zero-order valence-electron chi connectivity index (χ0n) is 8.90. The van der Waals surface area contributed by atoms with Gasteiger partial charge in [-0.2, -0.15) is 13.2 Å². The van der Waals surface area contributed by atoms with Crippen LogP contribution in [0.3, 0.4) is 0 Å². The van der Waals surface area contributed by atoms with Gasteiger partial charge < -0.3 is 15.7 Å². The summed E-state index contributed by atoms with van der Waals surface area (Å²) >= 11 is 0. The standard InChI is InChI=1S/C9H15F3N2O2/c1-6(4-15)14-7(16)8(9(10,11)12)2-3-13-5-8/h6,13,15H,2-5H2,1H3,(H,14,16)/t6-,8?/m0/s1. The van der Waals surface area contributed by atoms with Crippen LogP contribution in [0.25, 0.3) is 0 Å². The molecule has 0 radical (unpaired) electrons. The van der Waals surface area contributed by atoms with Gasteiger partial charge in [0.1, 0.15) is 0 Å². The second-order valence-electron chi connectivity index (χ2n) is 4.06. The van der Waals surface area contributed by atoms with Crippen LogP contribution in [0.1, 0.15) is 13.3 Å². The molecule has 7 heteroatoms. The molecule has 94 valence electrons. The monoisotopic (exact) mass is 240 g/mol. The highest BCUT2D eigenvalue weighted by Crippen LogP contribution is 2.43. The van der Waals surface area contributed by atoms with Crippen LogP contribution in [-0.4, -0.2) is 42.9 Å². The van der Waals surface area contributed by atoms with E-state index in [4.69, 9.17) is 5.11 Å². The zero-order chi connectivity index (χ0) is 12.4. The maximum absolute atomic E-state index is 12.9. The van der Waals surface area contributed by atoms with E-state index in [0.717, 1.165) is 0 Å². The third-order valence-electron chi connectivity index (χ3n) is 2.78. The van der Waals surface area contributed by atoms with Crippen LogP contribution >= 0.6 is 0 Å². The van der Waals surface area contributed by atoms with Crippen LogP contribution < -0.4 is 10.6 Å². The largest absolute Gasteiger partial charge is 0.404 e. The minimum absolute atomic E-state index is 0.167. The van der Waals surface area contributed by atoms with Crippen molar-refractivity contribution in [3.05, 3.63) is 0 Å². The normalized spacial score (nSPS) is 27.8. The molecule has 4 nitrogen and oxygen atoms in total. The average molecular weight is 240 g/mol. The van der Waals surface area contributed by atoms with Crippen molar-refractivity contribution < 1.29 is 23.1 Å². The molecule has 0 aromatic carbocycles. The van der Waals surface area contributed by atoms with E-state index in [0.29, 0.717) is 0 Å². The summed E-state index contributed by atoms with van der Waals surface area (Å²) in [6, 6.07) is -0.674. The number of carbonyl (C=O) groups excluding carboxylic acids is 1. The topological polar surface area (TPSA) is 61.4 Å². The van der Waals surface area contributed by atoms with Crippen LogP contribution in [-0.2, 0) is 4.79 Å². The molecule has 1 unspecified atom stereocenters. The van der Waals surface area contributed by atoms with E-state index < -0.39 is 30.1 Å². The van der Waals surface area contributed by atoms with Gasteiger partial charge in [-0.3, -0.25) is 4.79 Å². The van der Waals surface area contributed by atoms with Crippen LogP contribution in [0.15, 0.2) is 0 Å². The highest BCUT2D eigenvalue weighted by molar-refractivity contribution is 5.84. The number of hydrogen-bond donors (Lipinski definition) is 3. The maximum atomic E-state index is 12.9. The summed E-state index contributed by atoms with van der Waals surface area (Å²) in [4.78, 5) is 11.6. The minimum atomic E-state index is -4.57. The van der Waals surface area contributed by atoms with Gasteiger partial charge in [-0.05, 0) is 19.9 Å². The molecule has 1 fully saturated rings. The smallest absolute Gasteiger partial charge is 0.394 e. The number of nitrogens with one attached hydrogen (secondary N) is 2. The highest BCUT2D eigenvalue weighted by atomic mass is 19.4. The number of carbonyl (C=O) groups is 1. The fourth-order valence-corrected chi connectivity index (χ4v) is 1.66. The number of rotatable bonds is 3. The molecule has 1 aliphatic rings. The second-order valence-corrected chi connectivity index (χ2v) is 4.06. The molecule has 0 saturated carbocycles. The predicted molar refractivity (Wildman–Crippen MR) is 50.7 cm³/mol. The fourth-order valence-electron chi connectivity index (χ4n) is 1.66. The molecule has 2 atom stereocenters. The van der Waals surface area contributed by atoms with E-state index in [-0.39, 0.29) is 19.6 Å². The highest BCUT2D eigenvalue weighted by Gasteiger charge is 2.61. The van der Waals surface area contributed by atoms with E-state index in [9.17, 15) is 18.0 Å². The molecule has 1 amide bonds. The number of amides is 1. The molecule has 0 aromatic rings. The summed E-state index contributed by atoms with van der Waals surface area (Å²) < 4.78 is 38.6. The van der Waals surface area contributed by atoms with E-state index in [2.05, 4.69) is 10.6 Å². The van der Waals surface area contributed by atoms with Crippen molar-refractivity contribution in [2.75, 3.05) is 19.7 Å². The lowest BCUT2D eigenvalue weighted by atomic mass is 9.85. The Morgan fingerprint density at radius 1 is 1.62 bits per heavy atom. The summed E-state index contributed by atoms with van der Waals surface area (Å²) in [5.74, 6) is -1.06. The first-order valence-electron chi connectivity index (χ1n) is 5.03. The fraction of sp³-hybridized carbons (Fsp3) is 0.889. The van der Waals surface area contributed by atoms with Crippen LogP contribution in [0.2, 0.25) is 0 Å². The maximum Gasteiger partial charge on any atom is 0.404 e. The number of aliphatic hydroxyl groups excluding tert-OH is 1. The zero-order valence-corrected chi connectivity index (χ0v) is 8.90. The first-order valence-corrected chi connectivity index (χ1v) is 5.03. The van der Waals surface area contributed by atoms with Gasteiger partial charge in [-0.15, -0.1) is 0 Å². The molecule has 1 heterocycles. The van der Waals surface area contributed by atoms with Crippen molar-refractivity contribution in [1.82, 2.24) is 10.6 Å². The summed E-state index contributed by atoms with van der Waals surface area (Å²) in [5, 5.41) is 13.4. The Morgan fingerprint density at radius 2 is 2.25 bits per heavy atom. The molecule has 1 rings (SSSR count). The Labute approximate surface area is 91.2 Å². The van der Waals surface area contributed by atoms with Gasteiger partial charge in [0.2, 0.25) is 5.91 Å². The minimum Gasteiger partial charge on any atom is -0.394 e. The molecule has 16 heavy (non-hydrogen) atoms. The Kier molecular flexibility index (Phi) is 3.80. The van der Waals surface area contributed by atoms with Crippen molar-refractivity contribution in [1.29, 1.82) is 0 Å². The Morgan fingerprint density at radius 3 is 2.62 bits per heavy atom. The quantitative estimate of drug-likeness (QED) is 0.652. The lowest BCUT2D eigenvalue weighted by Crippen LogP contribution is -2.54. The number of alkyl halides is 3. The third kappa shape index (κ3) is 2.30. The van der Waals surface area contributed by atoms with Gasteiger partial charge in [-0.1, -0.05) is 0 Å². The molecule has 0 spiro atoms. The van der Waals surface area contributed by atoms with Crippen molar-refractivity contribution in [2.45, 2.75) is 25.6 Å². The van der Waals surface area contributed by atoms with E-state index in [1.54, 1.807) is 0 Å². The number of halogens is 3. The summed E-state index contributed by atoms with van der Waals surface area (Å²) in [6.45, 7) is 0.832. The van der Waals surface area contributed by atoms with Gasteiger partial charge >= 0.3 is 6.18 Å². The molecule has 3 N–H and O–H groups in total. The van der Waals surface area contributed by atoms with Crippen molar-refractivity contribution >= 4 is 5.91 Å². The third-order valence-corrected chi connectivity index (χ3v) is 2.78. The van der Waals surface area contributed by atoms with Crippen molar-refractivity contribution in [3.8, 4) is 0 Å². The SMILES string of the molecule is C[C@@H](CO)NC(=O)C1(C(F)(F)F)CCNC1. The molecule has 0 bridgehead atoms. The van der Waals surface area contributed by atoms with Gasteiger partial charge in [0, 0.05) is 12.6 Å². The van der Waals surface area contributed by atoms with Crippen LogP contribution in [0.4, 0.5) is 13.2 Å². The van der Waals surface area contributed by atoms with Gasteiger partial charge in [0.25, 0.3) is 0 Å². The number of hydrogen-bond acceptors (Lipinski definition) is 3. The van der Waals surface area contributed by atoms with Gasteiger partial charge in [0.05, 0.1) is 6.61 Å². The van der Waals surface area contributed by atoms with Gasteiger partial charge in [-0.25, -0.2) is 0 Å². The van der Waals surface area contributed by atoms with E-state index >= 15 is 0 Å². The summed E-state index contributed by atoms with van der Waals surface area (Å²) in [6.07, 6.45) is -4.84. The molecule has 1 aliphatic heterocycles. The van der Waals surface area contributed by atoms with Crippen LogP contribution in [0.5, 0.6) is 0 Å². The molecular weight excluding hydrogens is 225 g/mol. The predicted octanol–water partition coefficient (Wildman–Crippen LogP) is 0.0254. The van der Waals surface area contributed by atoms with E-state index in [1.165, 1.54) is 6.92 Å². The Bertz CT molecular complexity index is 262. The summed E-state index contributed by atoms with van der Waals surface area (Å²) in [7, 11) is 0. The Hall–Kier alpha value is -0.820. The Balaban J connectivity index is 2.82. The number of aliphatic hydroxyl groups is 1. The van der Waals surface area contributed by atoms with Crippen molar-refractivity contribution in [3.63, 3.8) is 0 Å². The van der Waals surface area contributed by atoms with E-state index in [1.807, 2.05) is 0 Å². The lowest BCUT2D eigenvalue weighted by molar-refractivity contribution is -0.216. The summed E-state index contributed by atoms with van der Waals surface area (Å²) in [5.41, 5.74) is -2.35. The van der Waals surface area contributed by atoms with Crippen molar-refractivity contribution in [2.24, 2.45) is 5.41 Å². The lowest BCUT2D eigenvalue weighted by Gasteiger charge is -2.30. The molecule has 0 aliphatic carbocycles. The first kappa shape index (κ1) is 13.2. The van der Waals surface area contributed by atoms with Crippen LogP contribution in [0, 0.1) is 5.41 Å². The molecule has 1 saturated heterocycles. The second kappa shape index (κ2) is 4.58. The van der Waals surface area contributed by atoms with Gasteiger partial charge in [0.15, 0.2) is 5.41 Å². The first-order chi connectivity index (χ1) is 7.33. The average Bonchev–Trinajstić information content (AvgIpc) is 2.66. The molecular formula is C9H15F3N2O2. The molecule has 0 aromatic heterocycles.